The number of amides is 1. The van der Waals surface area contributed by atoms with Gasteiger partial charge in [-0.3, -0.25) is 4.79 Å². The molecule has 0 unspecified atom stereocenters. The quantitative estimate of drug-likeness (QED) is 0.581. The Kier molecular flexibility index (Phi) is 6.53. The Morgan fingerprint density at radius 1 is 0.875 bits per heavy atom. The number of carbonyl (C=O) groups excluding carboxylic acids is 1. The summed E-state index contributed by atoms with van der Waals surface area (Å²) in [5.74, 6) is 0.219. The van der Waals surface area contributed by atoms with E-state index in [1.54, 1.807) is 6.08 Å². The SMILES string of the molecule is O=C(C=Cc1ccc(Br)cc1)N(C1CCCCC1)C1CCCCC1. The van der Waals surface area contributed by atoms with E-state index in [9.17, 15) is 4.79 Å². The minimum atomic E-state index is 0.219. The molecule has 2 aliphatic carbocycles. The zero-order chi connectivity index (χ0) is 16.8. The van der Waals surface area contributed by atoms with Crippen LogP contribution in [0.3, 0.4) is 0 Å². The molecule has 2 fully saturated rings. The predicted molar refractivity (Wildman–Crippen MR) is 104 cm³/mol. The van der Waals surface area contributed by atoms with Gasteiger partial charge in [0, 0.05) is 22.6 Å². The lowest BCUT2D eigenvalue weighted by Gasteiger charge is -2.41. The third kappa shape index (κ3) is 4.72. The molecule has 130 valence electrons. The van der Waals surface area contributed by atoms with Gasteiger partial charge in [-0.2, -0.15) is 0 Å². The van der Waals surface area contributed by atoms with Gasteiger partial charge in [0.05, 0.1) is 0 Å². The fourth-order valence-electron chi connectivity index (χ4n) is 4.20. The molecule has 24 heavy (non-hydrogen) atoms. The van der Waals surface area contributed by atoms with Crippen LogP contribution in [0.5, 0.6) is 0 Å². The van der Waals surface area contributed by atoms with E-state index in [-0.39, 0.29) is 5.91 Å². The number of rotatable bonds is 4. The fourth-order valence-corrected chi connectivity index (χ4v) is 4.47. The molecule has 3 rings (SSSR count). The van der Waals surface area contributed by atoms with Crippen molar-refractivity contribution in [3.8, 4) is 0 Å². The standard InChI is InChI=1S/C21H28BrNO/c22-18-14-11-17(12-15-18)13-16-21(24)23(19-7-3-1-4-8-19)20-9-5-2-6-10-20/h11-16,19-20H,1-10H2. The van der Waals surface area contributed by atoms with Crippen LogP contribution >= 0.6 is 15.9 Å². The molecule has 2 aliphatic rings. The molecule has 2 saturated carbocycles. The van der Waals surface area contributed by atoms with E-state index < -0.39 is 0 Å². The van der Waals surface area contributed by atoms with Crippen molar-refractivity contribution in [2.24, 2.45) is 0 Å². The van der Waals surface area contributed by atoms with Gasteiger partial charge in [0.25, 0.3) is 0 Å². The van der Waals surface area contributed by atoms with Gasteiger partial charge in [-0.05, 0) is 49.5 Å². The first kappa shape index (κ1) is 17.7. The van der Waals surface area contributed by atoms with Gasteiger partial charge < -0.3 is 4.90 Å². The van der Waals surface area contributed by atoms with E-state index in [4.69, 9.17) is 0 Å². The Morgan fingerprint density at radius 3 is 1.88 bits per heavy atom. The second kappa shape index (κ2) is 8.84. The minimum Gasteiger partial charge on any atom is -0.333 e. The van der Waals surface area contributed by atoms with Crippen molar-refractivity contribution in [2.45, 2.75) is 76.3 Å². The first-order valence-electron chi connectivity index (χ1n) is 9.50. The van der Waals surface area contributed by atoms with Gasteiger partial charge in [0.2, 0.25) is 5.91 Å². The Morgan fingerprint density at radius 2 is 1.38 bits per heavy atom. The number of carbonyl (C=O) groups is 1. The van der Waals surface area contributed by atoms with Crippen molar-refractivity contribution in [1.29, 1.82) is 0 Å². The Labute approximate surface area is 154 Å². The van der Waals surface area contributed by atoms with Crippen molar-refractivity contribution in [1.82, 2.24) is 4.90 Å². The molecule has 0 aromatic heterocycles. The smallest absolute Gasteiger partial charge is 0.247 e. The molecule has 2 nitrogen and oxygen atoms in total. The van der Waals surface area contributed by atoms with Crippen LogP contribution in [0.15, 0.2) is 34.8 Å². The van der Waals surface area contributed by atoms with E-state index in [2.05, 4.69) is 20.8 Å². The zero-order valence-electron chi connectivity index (χ0n) is 14.4. The van der Waals surface area contributed by atoms with Crippen molar-refractivity contribution in [3.05, 3.63) is 40.4 Å². The largest absolute Gasteiger partial charge is 0.333 e. The van der Waals surface area contributed by atoms with Crippen LogP contribution in [-0.4, -0.2) is 22.9 Å². The number of benzene rings is 1. The van der Waals surface area contributed by atoms with Gasteiger partial charge in [0.1, 0.15) is 0 Å². The summed E-state index contributed by atoms with van der Waals surface area (Å²) < 4.78 is 1.07. The van der Waals surface area contributed by atoms with Crippen molar-refractivity contribution in [3.63, 3.8) is 0 Å². The lowest BCUT2D eigenvalue weighted by atomic mass is 9.88. The summed E-state index contributed by atoms with van der Waals surface area (Å²) >= 11 is 3.45. The number of nitrogens with zero attached hydrogens (tertiary/aromatic N) is 1. The third-order valence-electron chi connectivity index (χ3n) is 5.48. The van der Waals surface area contributed by atoms with Crippen LogP contribution in [0.1, 0.15) is 69.8 Å². The fraction of sp³-hybridized carbons (Fsp3) is 0.571. The van der Waals surface area contributed by atoms with Crippen LogP contribution in [0.25, 0.3) is 6.08 Å². The highest BCUT2D eigenvalue weighted by Crippen LogP contribution is 2.30. The van der Waals surface area contributed by atoms with Crippen LogP contribution < -0.4 is 0 Å². The highest BCUT2D eigenvalue weighted by atomic mass is 79.9. The molecule has 1 amide bonds. The highest BCUT2D eigenvalue weighted by Gasteiger charge is 2.31. The summed E-state index contributed by atoms with van der Waals surface area (Å²) in [5.41, 5.74) is 1.08. The summed E-state index contributed by atoms with van der Waals surface area (Å²) in [7, 11) is 0. The van der Waals surface area contributed by atoms with Crippen LogP contribution in [0, 0.1) is 0 Å². The van der Waals surface area contributed by atoms with E-state index in [0.717, 1.165) is 10.0 Å². The minimum absolute atomic E-state index is 0.219. The average Bonchev–Trinajstić information content (AvgIpc) is 2.63. The summed E-state index contributed by atoms with van der Waals surface area (Å²) in [6.07, 6.45) is 16.3. The Hall–Kier alpha value is -1.09. The van der Waals surface area contributed by atoms with E-state index in [0.29, 0.717) is 12.1 Å². The van der Waals surface area contributed by atoms with Crippen LogP contribution in [0.2, 0.25) is 0 Å². The lowest BCUT2D eigenvalue weighted by molar-refractivity contribution is -0.132. The van der Waals surface area contributed by atoms with E-state index in [1.165, 1.54) is 64.2 Å². The molecule has 3 heteroatoms. The molecule has 0 saturated heterocycles. The zero-order valence-corrected chi connectivity index (χ0v) is 16.0. The maximum atomic E-state index is 13.0. The maximum Gasteiger partial charge on any atom is 0.247 e. The van der Waals surface area contributed by atoms with Gasteiger partial charge in [0.15, 0.2) is 0 Å². The summed E-state index contributed by atoms with van der Waals surface area (Å²) in [6, 6.07) is 9.04. The number of hydrogen-bond acceptors (Lipinski definition) is 1. The third-order valence-corrected chi connectivity index (χ3v) is 6.01. The number of halogens is 1. The van der Waals surface area contributed by atoms with Gasteiger partial charge >= 0.3 is 0 Å². The average molecular weight is 390 g/mol. The number of hydrogen-bond donors (Lipinski definition) is 0. The lowest BCUT2D eigenvalue weighted by Crippen LogP contribution is -2.48. The molecule has 1 aromatic carbocycles. The predicted octanol–water partition coefficient (Wildman–Crippen LogP) is 5.96. The van der Waals surface area contributed by atoms with Crippen molar-refractivity contribution in [2.75, 3.05) is 0 Å². The first-order valence-corrected chi connectivity index (χ1v) is 10.3. The normalized spacial score (nSPS) is 20.4. The van der Waals surface area contributed by atoms with Crippen LogP contribution in [-0.2, 0) is 4.79 Å². The summed E-state index contributed by atoms with van der Waals surface area (Å²) in [4.78, 5) is 15.3. The molecule has 1 aromatic rings. The topological polar surface area (TPSA) is 20.3 Å². The van der Waals surface area contributed by atoms with Crippen LogP contribution in [0.4, 0.5) is 0 Å². The van der Waals surface area contributed by atoms with Crippen molar-refractivity contribution >= 4 is 27.9 Å². The summed E-state index contributed by atoms with van der Waals surface area (Å²) in [6.45, 7) is 0. The van der Waals surface area contributed by atoms with Crippen molar-refractivity contribution < 1.29 is 4.79 Å². The first-order chi connectivity index (χ1) is 11.7. The molecule has 0 aliphatic heterocycles. The molecule has 0 atom stereocenters. The molecular formula is C21H28BrNO. The molecule has 0 spiro atoms. The van der Waals surface area contributed by atoms with Gasteiger partial charge in [-0.1, -0.05) is 66.6 Å². The van der Waals surface area contributed by atoms with Gasteiger partial charge in [-0.25, -0.2) is 0 Å². The second-order valence-corrected chi connectivity index (χ2v) is 8.13. The molecule has 0 N–H and O–H groups in total. The monoisotopic (exact) mass is 389 g/mol. The summed E-state index contributed by atoms with van der Waals surface area (Å²) in [5, 5.41) is 0. The molecule has 0 radical (unpaired) electrons. The Balaban J connectivity index is 1.72. The van der Waals surface area contributed by atoms with Gasteiger partial charge in [-0.15, -0.1) is 0 Å². The Bertz CT molecular complexity index is 536. The molecular weight excluding hydrogens is 362 g/mol. The highest BCUT2D eigenvalue weighted by molar-refractivity contribution is 9.10. The molecule has 0 bridgehead atoms. The van der Waals surface area contributed by atoms with E-state index >= 15 is 0 Å². The molecule has 0 heterocycles. The second-order valence-electron chi connectivity index (χ2n) is 7.21. The van der Waals surface area contributed by atoms with E-state index in [1.807, 2.05) is 30.3 Å². The maximum absolute atomic E-state index is 13.0.